The van der Waals surface area contributed by atoms with Crippen molar-refractivity contribution < 1.29 is 10.2 Å². The molecule has 0 fully saturated rings. The van der Waals surface area contributed by atoms with Crippen molar-refractivity contribution in [3.05, 3.63) is 142 Å². The van der Waals surface area contributed by atoms with Gasteiger partial charge in [-0.05, 0) is 133 Å². The molecule has 0 atom stereocenters. The van der Waals surface area contributed by atoms with Crippen LogP contribution in [0.2, 0.25) is 0 Å². The number of hydrogen-bond donors (Lipinski definition) is 2. The van der Waals surface area contributed by atoms with E-state index >= 15 is 0 Å². The van der Waals surface area contributed by atoms with Crippen molar-refractivity contribution in [1.29, 1.82) is 0 Å². The molecule has 70 heavy (non-hydrogen) atoms. The first-order chi connectivity index (χ1) is 31.6. The molecule has 2 heteroatoms. The number of rotatable bonds is 5. The predicted molar refractivity (Wildman–Crippen MR) is 307 cm³/mol. The summed E-state index contributed by atoms with van der Waals surface area (Å²) in [7, 11) is 0. The highest BCUT2D eigenvalue weighted by atomic mass is 16.3. The number of phenols is 2. The first-order valence-corrected chi connectivity index (χ1v) is 26.0. The standard InChI is InChI=1S/C68H90O2/c1-61(2,3)42-27-33-47(51(37-42)65(13,14)15)56-55(41-25-31-46(69)32-26-41)57(48-34-28-43(62(4,5)6)38-52(48)66(16,17)18)59(50-36-30-45(64(10,11)12)40-54(50)68(22,23)24)60(70)58(56)49-35-29-44(63(7,8)9)39-53(49)67(19,20)21/h25-40,69-70H,1-24H3. The molecule has 2 N–H and O–H groups in total. The fourth-order valence-corrected chi connectivity index (χ4v) is 10.1. The van der Waals surface area contributed by atoms with Gasteiger partial charge < -0.3 is 10.2 Å². The summed E-state index contributed by atoms with van der Waals surface area (Å²) < 4.78 is 0. The van der Waals surface area contributed by atoms with Crippen molar-refractivity contribution in [2.75, 3.05) is 0 Å². The predicted octanol–water partition coefficient (Wildman–Crippen LogP) is 19.8. The van der Waals surface area contributed by atoms with Crippen LogP contribution in [0.3, 0.4) is 0 Å². The summed E-state index contributed by atoms with van der Waals surface area (Å²) in [5.41, 5.74) is 18.1. The Morgan fingerprint density at radius 3 is 0.686 bits per heavy atom. The highest BCUT2D eigenvalue weighted by Crippen LogP contribution is 2.60. The molecule has 0 aliphatic rings. The van der Waals surface area contributed by atoms with E-state index in [0.717, 1.165) is 55.6 Å². The maximum Gasteiger partial charge on any atom is 0.132 e. The molecule has 374 valence electrons. The van der Waals surface area contributed by atoms with Gasteiger partial charge in [0.2, 0.25) is 0 Å². The van der Waals surface area contributed by atoms with Gasteiger partial charge in [0.25, 0.3) is 0 Å². The average Bonchev–Trinajstić information content (AvgIpc) is 3.20. The van der Waals surface area contributed by atoms with Crippen molar-refractivity contribution >= 4 is 0 Å². The molecular formula is C68H90O2. The van der Waals surface area contributed by atoms with Crippen LogP contribution in [-0.2, 0) is 43.3 Å². The minimum absolute atomic E-state index is 0.0977. The van der Waals surface area contributed by atoms with Crippen LogP contribution in [0, 0.1) is 0 Å². The molecule has 2 nitrogen and oxygen atoms in total. The molecule has 0 saturated carbocycles. The van der Waals surface area contributed by atoms with E-state index in [9.17, 15) is 10.2 Å². The Hall–Kier alpha value is -5.08. The summed E-state index contributed by atoms with van der Waals surface area (Å²) in [6.45, 7) is 55.2. The van der Waals surface area contributed by atoms with Crippen molar-refractivity contribution in [3.8, 4) is 67.1 Å². The zero-order valence-electron chi connectivity index (χ0n) is 48.1. The smallest absolute Gasteiger partial charge is 0.132 e. The molecule has 0 radical (unpaired) electrons. The molecule has 0 amide bonds. The lowest BCUT2D eigenvalue weighted by Crippen LogP contribution is -2.20. The number of aromatic hydroxyl groups is 2. The molecule has 0 aliphatic carbocycles. The molecule has 0 unspecified atom stereocenters. The first kappa shape index (κ1) is 54.3. The maximum atomic E-state index is 14.4. The average molecular weight is 939 g/mol. The molecule has 0 saturated heterocycles. The molecule has 0 bridgehead atoms. The van der Waals surface area contributed by atoms with Gasteiger partial charge in [0.05, 0.1) is 0 Å². The number of hydrogen-bond acceptors (Lipinski definition) is 2. The Morgan fingerprint density at radius 1 is 0.243 bits per heavy atom. The summed E-state index contributed by atoms with van der Waals surface area (Å²) in [6.07, 6.45) is 0. The van der Waals surface area contributed by atoms with Crippen molar-refractivity contribution in [3.63, 3.8) is 0 Å². The van der Waals surface area contributed by atoms with E-state index in [1.807, 2.05) is 12.1 Å². The fourth-order valence-electron chi connectivity index (χ4n) is 10.1. The zero-order chi connectivity index (χ0) is 52.9. The van der Waals surface area contributed by atoms with Crippen LogP contribution >= 0.6 is 0 Å². The van der Waals surface area contributed by atoms with Crippen LogP contribution in [0.25, 0.3) is 55.6 Å². The molecule has 6 aromatic rings. The largest absolute Gasteiger partial charge is 0.508 e. The lowest BCUT2D eigenvalue weighted by atomic mass is 9.68. The molecule has 6 rings (SSSR count). The minimum atomic E-state index is -0.298. The number of phenolic OH excluding ortho intramolecular Hbond substituents is 2. The maximum absolute atomic E-state index is 14.4. The van der Waals surface area contributed by atoms with Gasteiger partial charge in [-0.2, -0.15) is 0 Å². The molecule has 0 aromatic heterocycles. The summed E-state index contributed by atoms with van der Waals surface area (Å²) in [6, 6.07) is 36.0. The Balaban J connectivity index is 2.14. The summed E-state index contributed by atoms with van der Waals surface area (Å²) >= 11 is 0. The van der Waals surface area contributed by atoms with Gasteiger partial charge >= 0.3 is 0 Å². The van der Waals surface area contributed by atoms with E-state index in [1.54, 1.807) is 0 Å². The van der Waals surface area contributed by atoms with E-state index in [2.05, 4.69) is 251 Å². The Kier molecular flexibility index (Phi) is 13.9. The SMILES string of the molecule is CC(C)(C)c1ccc(-c2c(O)c(-c3ccc(C(C)(C)C)cc3C(C)(C)C)c(-c3ccc(C(C)(C)C)cc3C(C)(C)C)c(-c3ccc(O)cc3)c2-c2ccc(C(C)(C)C)cc2C(C)(C)C)c(C(C)(C)C)c1. The summed E-state index contributed by atoms with van der Waals surface area (Å²) in [4.78, 5) is 0. The minimum Gasteiger partial charge on any atom is -0.508 e. The molecule has 0 aliphatic heterocycles. The van der Waals surface area contributed by atoms with Gasteiger partial charge in [-0.15, -0.1) is 0 Å². The van der Waals surface area contributed by atoms with Gasteiger partial charge in [-0.3, -0.25) is 0 Å². The second-order valence-corrected chi connectivity index (χ2v) is 28.8. The van der Waals surface area contributed by atoms with Gasteiger partial charge in [0, 0.05) is 22.3 Å². The van der Waals surface area contributed by atoms with Crippen LogP contribution in [0.1, 0.15) is 211 Å². The van der Waals surface area contributed by atoms with E-state index in [-0.39, 0.29) is 54.8 Å². The third-order valence-electron chi connectivity index (χ3n) is 14.5. The van der Waals surface area contributed by atoms with Crippen LogP contribution in [0.15, 0.2) is 97.1 Å². The Labute approximate surface area is 426 Å². The van der Waals surface area contributed by atoms with Gasteiger partial charge in [-0.1, -0.05) is 251 Å². The second kappa shape index (κ2) is 17.9. The van der Waals surface area contributed by atoms with E-state index in [0.29, 0.717) is 0 Å². The Bertz CT molecular complexity index is 2740. The zero-order valence-corrected chi connectivity index (χ0v) is 48.1. The molecule has 6 aromatic carbocycles. The van der Waals surface area contributed by atoms with Gasteiger partial charge in [-0.25, -0.2) is 0 Å². The first-order valence-electron chi connectivity index (χ1n) is 26.0. The van der Waals surface area contributed by atoms with Crippen LogP contribution < -0.4 is 0 Å². The second-order valence-electron chi connectivity index (χ2n) is 28.8. The van der Waals surface area contributed by atoms with Crippen LogP contribution in [-0.4, -0.2) is 10.2 Å². The topological polar surface area (TPSA) is 40.5 Å². The van der Waals surface area contributed by atoms with Gasteiger partial charge in [0.15, 0.2) is 0 Å². The third kappa shape index (κ3) is 10.9. The third-order valence-corrected chi connectivity index (χ3v) is 14.5. The molecule has 0 heterocycles. The van der Waals surface area contributed by atoms with Crippen molar-refractivity contribution in [2.24, 2.45) is 0 Å². The van der Waals surface area contributed by atoms with Gasteiger partial charge in [0.1, 0.15) is 11.5 Å². The van der Waals surface area contributed by atoms with E-state index in [4.69, 9.17) is 0 Å². The highest BCUT2D eigenvalue weighted by Gasteiger charge is 2.37. The van der Waals surface area contributed by atoms with Crippen LogP contribution in [0.5, 0.6) is 11.5 Å². The fraction of sp³-hybridized carbons (Fsp3) is 0.471. The highest BCUT2D eigenvalue weighted by molar-refractivity contribution is 6.12. The van der Waals surface area contributed by atoms with E-state index in [1.165, 1.54) is 44.5 Å². The molecular weight excluding hydrogens is 849 g/mol. The quantitative estimate of drug-likeness (QED) is 0.181. The Morgan fingerprint density at radius 2 is 0.471 bits per heavy atom. The normalized spacial score (nSPS) is 13.5. The number of benzene rings is 6. The van der Waals surface area contributed by atoms with Crippen LogP contribution in [0.4, 0.5) is 0 Å². The summed E-state index contributed by atoms with van der Waals surface area (Å²) in [5, 5.41) is 25.5. The monoisotopic (exact) mass is 939 g/mol. The van der Waals surface area contributed by atoms with Crippen molar-refractivity contribution in [1.82, 2.24) is 0 Å². The summed E-state index contributed by atoms with van der Waals surface area (Å²) in [5.74, 6) is 0.483. The van der Waals surface area contributed by atoms with Crippen molar-refractivity contribution in [2.45, 2.75) is 209 Å². The molecule has 0 spiro atoms. The lowest BCUT2D eigenvalue weighted by molar-refractivity contribution is 0.475. The van der Waals surface area contributed by atoms with E-state index < -0.39 is 0 Å². The lowest BCUT2D eigenvalue weighted by Gasteiger charge is -2.35.